The topological polar surface area (TPSA) is 35.6 Å². The number of fused-ring (bicyclic) bond motifs is 1. The molecule has 2 aliphatic heterocycles. The summed E-state index contributed by atoms with van der Waals surface area (Å²) < 4.78 is 0. The Morgan fingerprint density at radius 1 is 1.18 bits per heavy atom. The first-order valence-electron chi connectivity index (χ1n) is 8.60. The third kappa shape index (κ3) is 3.12. The summed E-state index contributed by atoms with van der Waals surface area (Å²) in [5.74, 6) is 0.218. The zero-order valence-corrected chi connectivity index (χ0v) is 13.8. The number of likely N-dealkylation sites (tertiary alicyclic amines) is 1. The van der Waals surface area contributed by atoms with Gasteiger partial charge in [0.05, 0.1) is 11.4 Å². The number of rotatable bonds is 4. The van der Waals surface area contributed by atoms with Crippen molar-refractivity contribution in [2.75, 3.05) is 36.4 Å². The minimum absolute atomic E-state index is 0.0874. The van der Waals surface area contributed by atoms with Crippen molar-refractivity contribution in [2.45, 2.75) is 45.6 Å². The smallest absolute Gasteiger partial charge is 0.249 e. The number of nitrogens with one attached hydrogen (secondary N) is 1. The zero-order valence-electron chi connectivity index (χ0n) is 13.8. The fraction of sp³-hybridized carbons (Fsp3) is 0.611. The van der Waals surface area contributed by atoms with Crippen LogP contribution in [0.15, 0.2) is 18.2 Å². The van der Waals surface area contributed by atoms with Crippen LogP contribution in [-0.4, -0.2) is 43.0 Å². The second kappa shape index (κ2) is 6.69. The lowest BCUT2D eigenvalue weighted by Gasteiger charge is -2.37. The van der Waals surface area contributed by atoms with E-state index in [1.165, 1.54) is 37.9 Å². The SMILES string of the molecule is CCC1Nc2cc(C)ccc2N(CCN2CCCCC2)C1=O. The highest BCUT2D eigenvalue weighted by Gasteiger charge is 2.31. The number of piperidine rings is 1. The maximum Gasteiger partial charge on any atom is 0.249 e. The van der Waals surface area contributed by atoms with Crippen LogP contribution < -0.4 is 10.2 Å². The fourth-order valence-electron chi connectivity index (χ4n) is 3.49. The number of amides is 1. The average molecular weight is 301 g/mol. The van der Waals surface area contributed by atoms with Gasteiger partial charge < -0.3 is 15.1 Å². The Balaban J connectivity index is 1.77. The summed E-state index contributed by atoms with van der Waals surface area (Å²) in [5.41, 5.74) is 3.37. The molecule has 2 aliphatic rings. The van der Waals surface area contributed by atoms with Gasteiger partial charge in [-0.15, -0.1) is 0 Å². The van der Waals surface area contributed by atoms with Gasteiger partial charge in [0, 0.05) is 13.1 Å². The van der Waals surface area contributed by atoms with Crippen molar-refractivity contribution < 1.29 is 4.79 Å². The molecule has 22 heavy (non-hydrogen) atoms. The normalized spacial score (nSPS) is 22.4. The van der Waals surface area contributed by atoms with Gasteiger partial charge in [-0.25, -0.2) is 0 Å². The van der Waals surface area contributed by atoms with Crippen molar-refractivity contribution in [3.05, 3.63) is 23.8 Å². The summed E-state index contributed by atoms with van der Waals surface area (Å²) in [4.78, 5) is 17.2. The van der Waals surface area contributed by atoms with Crippen LogP contribution in [0.3, 0.4) is 0 Å². The Labute approximate surface area is 133 Å². The van der Waals surface area contributed by atoms with Gasteiger partial charge in [0.2, 0.25) is 5.91 Å². The van der Waals surface area contributed by atoms with E-state index in [4.69, 9.17) is 0 Å². The van der Waals surface area contributed by atoms with E-state index in [9.17, 15) is 4.79 Å². The Morgan fingerprint density at radius 3 is 2.68 bits per heavy atom. The molecule has 1 aromatic rings. The number of aryl methyl sites for hydroxylation is 1. The molecule has 1 unspecified atom stereocenters. The molecule has 4 heteroatoms. The Kier molecular flexibility index (Phi) is 4.67. The molecule has 2 heterocycles. The molecule has 1 N–H and O–H groups in total. The molecule has 0 aromatic heterocycles. The zero-order chi connectivity index (χ0) is 15.5. The van der Waals surface area contributed by atoms with Gasteiger partial charge >= 0.3 is 0 Å². The first kappa shape index (κ1) is 15.3. The van der Waals surface area contributed by atoms with Crippen molar-refractivity contribution >= 4 is 17.3 Å². The van der Waals surface area contributed by atoms with Gasteiger partial charge in [0.1, 0.15) is 6.04 Å². The Morgan fingerprint density at radius 2 is 1.95 bits per heavy atom. The third-order valence-corrected chi connectivity index (χ3v) is 4.83. The molecule has 1 fully saturated rings. The highest BCUT2D eigenvalue weighted by molar-refractivity contribution is 6.05. The van der Waals surface area contributed by atoms with E-state index in [0.29, 0.717) is 0 Å². The van der Waals surface area contributed by atoms with Crippen LogP contribution in [0, 0.1) is 6.92 Å². The number of carbonyl (C=O) groups is 1. The molecule has 0 saturated carbocycles. The Hall–Kier alpha value is -1.55. The third-order valence-electron chi connectivity index (χ3n) is 4.83. The monoisotopic (exact) mass is 301 g/mol. The van der Waals surface area contributed by atoms with E-state index < -0.39 is 0 Å². The van der Waals surface area contributed by atoms with E-state index >= 15 is 0 Å². The van der Waals surface area contributed by atoms with E-state index in [-0.39, 0.29) is 11.9 Å². The quantitative estimate of drug-likeness (QED) is 0.928. The largest absolute Gasteiger partial charge is 0.372 e. The number of hydrogen-bond acceptors (Lipinski definition) is 3. The summed E-state index contributed by atoms with van der Waals surface area (Å²) in [7, 11) is 0. The average Bonchev–Trinajstić information content (AvgIpc) is 2.54. The minimum atomic E-state index is -0.0874. The lowest BCUT2D eigenvalue weighted by Crippen LogP contribution is -2.49. The van der Waals surface area contributed by atoms with Gasteiger partial charge in [0.15, 0.2) is 0 Å². The number of hydrogen-bond donors (Lipinski definition) is 1. The molecule has 0 aliphatic carbocycles. The molecule has 0 bridgehead atoms. The molecule has 3 rings (SSSR count). The standard InChI is InChI=1S/C18H27N3O/c1-3-15-18(22)21(12-11-20-9-5-4-6-10-20)17-8-7-14(2)13-16(17)19-15/h7-8,13,15,19H,3-6,9-12H2,1-2H3. The molecule has 0 radical (unpaired) electrons. The van der Waals surface area contributed by atoms with Gasteiger partial charge in [-0.3, -0.25) is 4.79 Å². The number of anilines is 2. The maximum atomic E-state index is 12.7. The molecule has 0 spiro atoms. The van der Waals surface area contributed by atoms with Crippen LogP contribution in [-0.2, 0) is 4.79 Å². The van der Waals surface area contributed by atoms with Crippen LogP contribution in [0.5, 0.6) is 0 Å². The summed E-state index contributed by atoms with van der Waals surface area (Å²) in [5, 5.41) is 3.40. The van der Waals surface area contributed by atoms with Crippen LogP contribution in [0.25, 0.3) is 0 Å². The number of benzene rings is 1. The highest BCUT2D eigenvalue weighted by atomic mass is 16.2. The van der Waals surface area contributed by atoms with Crippen molar-refractivity contribution in [2.24, 2.45) is 0 Å². The molecular formula is C18H27N3O. The van der Waals surface area contributed by atoms with Crippen molar-refractivity contribution in [3.63, 3.8) is 0 Å². The van der Waals surface area contributed by atoms with Crippen molar-refractivity contribution in [1.82, 2.24) is 4.90 Å². The predicted molar refractivity (Wildman–Crippen MR) is 91.5 cm³/mol. The number of carbonyl (C=O) groups excluding carboxylic acids is 1. The van der Waals surface area contributed by atoms with Crippen LogP contribution in [0.4, 0.5) is 11.4 Å². The van der Waals surface area contributed by atoms with E-state index in [0.717, 1.165) is 30.9 Å². The van der Waals surface area contributed by atoms with Gasteiger partial charge in [-0.05, 0) is 57.0 Å². The summed E-state index contributed by atoms with van der Waals surface area (Å²) in [6, 6.07) is 6.24. The summed E-state index contributed by atoms with van der Waals surface area (Å²) >= 11 is 0. The van der Waals surface area contributed by atoms with Crippen LogP contribution in [0.2, 0.25) is 0 Å². The van der Waals surface area contributed by atoms with Crippen molar-refractivity contribution in [1.29, 1.82) is 0 Å². The van der Waals surface area contributed by atoms with E-state index in [1.807, 2.05) is 4.90 Å². The lowest BCUT2D eigenvalue weighted by molar-refractivity contribution is -0.119. The van der Waals surface area contributed by atoms with Gasteiger partial charge in [-0.1, -0.05) is 19.4 Å². The maximum absolute atomic E-state index is 12.7. The van der Waals surface area contributed by atoms with E-state index in [2.05, 4.69) is 42.3 Å². The number of nitrogens with zero attached hydrogens (tertiary/aromatic N) is 2. The van der Waals surface area contributed by atoms with Gasteiger partial charge in [-0.2, -0.15) is 0 Å². The van der Waals surface area contributed by atoms with E-state index in [1.54, 1.807) is 0 Å². The molecule has 1 amide bonds. The predicted octanol–water partition coefficient (Wildman–Crippen LogP) is 3.02. The molecule has 120 valence electrons. The molecule has 1 aromatic carbocycles. The van der Waals surface area contributed by atoms with Crippen LogP contribution in [0.1, 0.15) is 38.2 Å². The highest BCUT2D eigenvalue weighted by Crippen LogP contribution is 2.33. The second-order valence-electron chi connectivity index (χ2n) is 6.52. The summed E-state index contributed by atoms with van der Waals surface area (Å²) in [6.07, 6.45) is 4.77. The molecular weight excluding hydrogens is 274 g/mol. The lowest BCUT2D eigenvalue weighted by atomic mass is 10.0. The molecule has 4 nitrogen and oxygen atoms in total. The molecule has 1 atom stereocenters. The fourth-order valence-corrected chi connectivity index (χ4v) is 3.49. The minimum Gasteiger partial charge on any atom is -0.372 e. The summed E-state index contributed by atoms with van der Waals surface area (Å²) in [6.45, 7) is 8.30. The molecule has 1 saturated heterocycles. The van der Waals surface area contributed by atoms with Gasteiger partial charge in [0.25, 0.3) is 0 Å². The first-order valence-corrected chi connectivity index (χ1v) is 8.60. The Bertz CT molecular complexity index is 537. The van der Waals surface area contributed by atoms with Crippen molar-refractivity contribution in [3.8, 4) is 0 Å². The second-order valence-corrected chi connectivity index (χ2v) is 6.52. The van der Waals surface area contributed by atoms with Crippen LogP contribution >= 0.6 is 0 Å². The first-order chi connectivity index (χ1) is 10.7.